The van der Waals surface area contributed by atoms with Crippen molar-refractivity contribution in [3.05, 3.63) is 66.0 Å². The minimum atomic E-state index is -4.71. The Labute approximate surface area is 185 Å². The Morgan fingerprint density at radius 3 is 2.21 bits per heavy atom. The van der Waals surface area contributed by atoms with Gasteiger partial charge in [0.2, 0.25) is 11.7 Å². The molecule has 1 aromatic heterocycles. The van der Waals surface area contributed by atoms with Crippen molar-refractivity contribution in [3.63, 3.8) is 0 Å². The molecule has 174 valence electrons. The molecule has 0 saturated carbocycles. The third-order valence-electron chi connectivity index (χ3n) is 5.65. The fourth-order valence-electron chi connectivity index (χ4n) is 4.00. The predicted molar refractivity (Wildman–Crippen MR) is 110 cm³/mol. The zero-order chi connectivity index (χ0) is 23.8. The van der Waals surface area contributed by atoms with Gasteiger partial charge in [0.05, 0.1) is 17.0 Å². The third kappa shape index (κ3) is 4.74. The molecule has 3 aromatic rings. The second-order valence-electron chi connectivity index (χ2n) is 7.79. The van der Waals surface area contributed by atoms with Crippen LogP contribution in [0.5, 0.6) is 0 Å². The van der Waals surface area contributed by atoms with Crippen LogP contribution in [0.4, 0.5) is 26.3 Å². The molecule has 10 heteroatoms. The summed E-state index contributed by atoms with van der Waals surface area (Å²) in [6.07, 6.45) is -6.79. The molecule has 0 radical (unpaired) electrons. The molecule has 1 aliphatic rings. The Balaban J connectivity index is 1.67. The maximum atomic E-state index is 13.7. The van der Waals surface area contributed by atoms with Crippen molar-refractivity contribution in [2.45, 2.75) is 25.2 Å². The summed E-state index contributed by atoms with van der Waals surface area (Å²) < 4.78 is 80.7. The first-order valence-corrected chi connectivity index (χ1v) is 10.2. The van der Waals surface area contributed by atoms with Crippen LogP contribution in [0.15, 0.2) is 54.6 Å². The molecular formula is C23H19F6N3O. The number of likely N-dealkylation sites (tertiary alicyclic amines) is 1. The van der Waals surface area contributed by atoms with Crippen molar-refractivity contribution in [1.82, 2.24) is 14.5 Å². The van der Waals surface area contributed by atoms with Crippen LogP contribution in [0.25, 0.3) is 22.8 Å². The molecule has 0 spiro atoms. The van der Waals surface area contributed by atoms with Gasteiger partial charge in [0, 0.05) is 30.4 Å². The normalized spacial score (nSPS) is 16.1. The lowest BCUT2D eigenvalue weighted by Crippen LogP contribution is -2.41. The summed E-state index contributed by atoms with van der Waals surface area (Å²) in [6.45, 7) is -0.0601. The van der Waals surface area contributed by atoms with E-state index in [2.05, 4.69) is 4.98 Å². The summed E-state index contributed by atoms with van der Waals surface area (Å²) in [5, 5.41) is 0. The second kappa shape index (κ2) is 8.57. The van der Waals surface area contributed by atoms with Gasteiger partial charge in [-0.05, 0) is 37.1 Å². The van der Waals surface area contributed by atoms with E-state index in [1.807, 2.05) is 0 Å². The molecule has 0 aliphatic carbocycles. The summed E-state index contributed by atoms with van der Waals surface area (Å²) in [6, 6.07) is 12.5. The first-order valence-electron chi connectivity index (χ1n) is 10.2. The number of piperidine rings is 1. The minimum absolute atomic E-state index is 0.0300. The highest BCUT2D eigenvalue weighted by Gasteiger charge is 2.41. The van der Waals surface area contributed by atoms with Crippen LogP contribution in [0.1, 0.15) is 24.2 Å². The molecule has 1 saturated heterocycles. The van der Waals surface area contributed by atoms with Gasteiger partial charge in [-0.25, -0.2) is 4.98 Å². The third-order valence-corrected chi connectivity index (χ3v) is 5.65. The SMILES string of the molecule is O=C(C=Cc1cccc2nc(C(F)(F)F)n(-c3ccccc3)c12)N1CCC(C(F)(F)F)CC1. The summed E-state index contributed by atoms with van der Waals surface area (Å²) >= 11 is 0. The summed E-state index contributed by atoms with van der Waals surface area (Å²) in [7, 11) is 0. The van der Waals surface area contributed by atoms with Gasteiger partial charge in [-0.3, -0.25) is 9.36 Å². The van der Waals surface area contributed by atoms with Gasteiger partial charge in [0.1, 0.15) is 0 Å². The maximum Gasteiger partial charge on any atom is 0.450 e. The Morgan fingerprint density at radius 2 is 1.61 bits per heavy atom. The summed E-state index contributed by atoms with van der Waals surface area (Å²) in [5.74, 6) is -3.01. The largest absolute Gasteiger partial charge is 0.450 e. The number of amides is 1. The molecule has 4 nitrogen and oxygen atoms in total. The fourth-order valence-corrected chi connectivity index (χ4v) is 4.00. The lowest BCUT2D eigenvalue weighted by atomic mass is 9.96. The van der Waals surface area contributed by atoms with Crippen molar-refractivity contribution < 1.29 is 31.1 Å². The van der Waals surface area contributed by atoms with E-state index >= 15 is 0 Å². The van der Waals surface area contributed by atoms with Gasteiger partial charge in [-0.15, -0.1) is 0 Å². The Morgan fingerprint density at radius 1 is 0.939 bits per heavy atom. The molecule has 4 rings (SSSR count). The first kappa shape index (κ1) is 22.9. The Hall–Kier alpha value is -3.30. The summed E-state index contributed by atoms with van der Waals surface area (Å²) in [5.41, 5.74) is 0.870. The molecule has 2 aromatic carbocycles. The van der Waals surface area contributed by atoms with Crippen LogP contribution in [0, 0.1) is 5.92 Å². The monoisotopic (exact) mass is 467 g/mol. The average molecular weight is 467 g/mol. The summed E-state index contributed by atoms with van der Waals surface area (Å²) in [4.78, 5) is 17.6. The van der Waals surface area contributed by atoms with Gasteiger partial charge in [-0.2, -0.15) is 26.3 Å². The number of carbonyl (C=O) groups excluding carboxylic acids is 1. The number of aromatic nitrogens is 2. The number of imidazole rings is 1. The van der Waals surface area contributed by atoms with E-state index in [0.717, 1.165) is 4.57 Å². The van der Waals surface area contributed by atoms with E-state index < -0.39 is 30.0 Å². The number of rotatable bonds is 3. The van der Waals surface area contributed by atoms with Crippen molar-refractivity contribution in [2.24, 2.45) is 5.92 Å². The van der Waals surface area contributed by atoms with Gasteiger partial charge in [0.15, 0.2) is 0 Å². The quantitative estimate of drug-likeness (QED) is 0.358. The highest BCUT2D eigenvalue weighted by Crippen LogP contribution is 2.36. The van der Waals surface area contributed by atoms with Gasteiger partial charge in [-0.1, -0.05) is 30.3 Å². The highest BCUT2D eigenvalue weighted by atomic mass is 19.4. The fraction of sp³-hybridized carbons (Fsp3) is 0.304. The van der Waals surface area contributed by atoms with E-state index in [4.69, 9.17) is 0 Å². The number of hydrogen-bond acceptors (Lipinski definition) is 2. The first-order chi connectivity index (χ1) is 15.6. The number of carbonyl (C=O) groups is 1. The van der Waals surface area contributed by atoms with E-state index in [9.17, 15) is 31.1 Å². The number of para-hydroxylation sites is 2. The zero-order valence-corrected chi connectivity index (χ0v) is 17.2. The molecule has 0 N–H and O–H groups in total. The Bertz CT molecular complexity index is 1170. The maximum absolute atomic E-state index is 13.7. The van der Waals surface area contributed by atoms with E-state index in [0.29, 0.717) is 5.56 Å². The Kier molecular flexibility index (Phi) is 5.94. The molecule has 0 bridgehead atoms. The van der Waals surface area contributed by atoms with E-state index in [1.165, 1.54) is 41.3 Å². The lowest BCUT2D eigenvalue weighted by Gasteiger charge is -2.32. The number of hydrogen-bond donors (Lipinski definition) is 0. The van der Waals surface area contributed by atoms with Crippen LogP contribution in [-0.2, 0) is 11.0 Å². The van der Waals surface area contributed by atoms with E-state index in [1.54, 1.807) is 24.3 Å². The smallest absolute Gasteiger partial charge is 0.339 e. The van der Waals surface area contributed by atoms with Gasteiger partial charge < -0.3 is 4.90 Å². The second-order valence-corrected chi connectivity index (χ2v) is 7.79. The molecule has 0 unspecified atom stereocenters. The number of benzene rings is 2. The van der Waals surface area contributed by atoms with Crippen LogP contribution in [-0.4, -0.2) is 39.6 Å². The topological polar surface area (TPSA) is 38.1 Å². The molecule has 33 heavy (non-hydrogen) atoms. The van der Waals surface area contributed by atoms with Crippen LogP contribution < -0.4 is 0 Å². The number of nitrogens with zero attached hydrogens (tertiary/aromatic N) is 3. The van der Waals surface area contributed by atoms with Crippen molar-refractivity contribution >= 4 is 23.0 Å². The molecular weight excluding hydrogens is 448 g/mol. The highest BCUT2D eigenvalue weighted by molar-refractivity contribution is 5.95. The van der Waals surface area contributed by atoms with Crippen molar-refractivity contribution in [1.29, 1.82) is 0 Å². The van der Waals surface area contributed by atoms with Crippen LogP contribution in [0.3, 0.4) is 0 Å². The molecule has 1 amide bonds. The minimum Gasteiger partial charge on any atom is -0.339 e. The van der Waals surface area contributed by atoms with Gasteiger partial charge >= 0.3 is 12.4 Å². The number of halogens is 6. The van der Waals surface area contributed by atoms with Crippen LogP contribution in [0.2, 0.25) is 0 Å². The lowest BCUT2D eigenvalue weighted by molar-refractivity contribution is -0.186. The standard InChI is InChI=1S/C23H19F6N3O/c24-22(25,26)16-11-13-31(14-12-16)19(33)10-9-15-5-4-8-18-20(15)32(17-6-2-1-3-7-17)21(30-18)23(27,28)29/h1-10,16H,11-14H2. The molecule has 0 atom stereocenters. The van der Waals surface area contributed by atoms with Crippen molar-refractivity contribution in [2.75, 3.05) is 13.1 Å². The number of fused-ring (bicyclic) bond motifs is 1. The zero-order valence-electron chi connectivity index (χ0n) is 17.2. The number of alkyl halides is 6. The van der Waals surface area contributed by atoms with Crippen LogP contribution >= 0.6 is 0 Å². The van der Waals surface area contributed by atoms with Crippen molar-refractivity contribution in [3.8, 4) is 5.69 Å². The predicted octanol–water partition coefficient (Wildman–Crippen LogP) is 5.86. The van der Waals surface area contributed by atoms with Gasteiger partial charge in [0.25, 0.3) is 0 Å². The molecule has 2 heterocycles. The average Bonchev–Trinajstić information content (AvgIpc) is 3.18. The van der Waals surface area contributed by atoms with E-state index in [-0.39, 0.29) is 42.7 Å². The molecule has 1 fully saturated rings. The molecule has 1 aliphatic heterocycles.